The molecular weight excluding hydrogens is 851 g/mol. The molecule has 0 saturated carbocycles. The summed E-state index contributed by atoms with van der Waals surface area (Å²) in [6.45, 7) is 4.87. The van der Waals surface area contributed by atoms with Crippen LogP contribution in [0.15, 0.2) is 48.6 Å². The molecule has 2 atom stereocenters. The molecule has 0 aliphatic rings. The number of nitrogens with one attached hydrogen (secondary N) is 1. The number of carbonyl (C=O) groups is 2. The fraction of sp³-hybridized carbons (Fsp3) is 0.841. The number of carbonyl (C=O) groups excluding carboxylic acids is 2. The zero-order valence-electron chi connectivity index (χ0n) is 46.0. The largest absolute Gasteiger partial charge is 0.466 e. The van der Waals surface area contributed by atoms with Crippen molar-refractivity contribution in [2.75, 3.05) is 13.2 Å². The zero-order valence-corrected chi connectivity index (χ0v) is 46.0. The molecule has 0 aromatic carbocycles. The lowest BCUT2D eigenvalue weighted by Crippen LogP contribution is -2.45. The Morgan fingerprint density at radius 2 is 0.725 bits per heavy atom. The Kier molecular flexibility index (Phi) is 56.5. The monoisotopic (exact) mass is 968 g/mol. The van der Waals surface area contributed by atoms with Crippen LogP contribution >= 0.6 is 0 Å². The van der Waals surface area contributed by atoms with E-state index in [-0.39, 0.29) is 18.5 Å². The first-order valence-corrected chi connectivity index (χ1v) is 30.4. The van der Waals surface area contributed by atoms with Crippen LogP contribution in [0.25, 0.3) is 0 Å². The maximum atomic E-state index is 12.5. The minimum atomic E-state index is -0.854. The molecule has 6 heteroatoms. The fourth-order valence-electron chi connectivity index (χ4n) is 9.13. The second kappa shape index (κ2) is 58.4. The molecule has 69 heavy (non-hydrogen) atoms. The van der Waals surface area contributed by atoms with E-state index in [0.29, 0.717) is 19.4 Å². The number of allylic oxidation sites excluding steroid dienone is 7. The lowest BCUT2D eigenvalue weighted by molar-refractivity contribution is -0.143. The van der Waals surface area contributed by atoms with Crippen LogP contribution in [0.1, 0.15) is 316 Å². The van der Waals surface area contributed by atoms with Crippen molar-refractivity contribution in [2.45, 2.75) is 328 Å². The summed E-state index contributed by atoms with van der Waals surface area (Å²) in [5.74, 6) is -0.0875. The molecule has 0 aromatic rings. The van der Waals surface area contributed by atoms with Gasteiger partial charge in [0.25, 0.3) is 0 Å². The molecule has 0 radical (unpaired) electrons. The van der Waals surface area contributed by atoms with Gasteiger partial charge in [-0.25, -0.2) is 0 Å². The van der Waals surface area contributed by atoms with Gasteiger partial charge in [-0.2, -0.15) is 0 Å². The molecule has 3 N–H and O–H groups in total. The average Bonchev–Trinajstić information content (AvgIpc) is 3.35. The summed E-state index contributed by atoms with van der Waals surface area (Å²) >= 11 is 0. The number of ether oxygens (including phenoxy) is 1. The van der Waals surface area contributed by atoms with Crippen molar-refractivity contribution in [3.05, 3.63) is 48.6 Å². The first kappa shape index (κ1) is 66.8. The van der Waals surface area contributed by atoms with E-state index in [1.165, 1.54) is 218 Å². The molecule has 0 heterocycles. The van der Waals surface area contributed by atoms with Crippen molar-refractivity contribution in [1.29, 1.82) is 0 Å². The second-order valence-corrected chi connectivity index (χ2v) is 20.7. The summed E-state index contributed by atoms with van der Waals surface area (Å²) in [5, 5.41) is 23.1. The minimum Gasteiger partial charge on any atom is -0.466 e. The molecule has 1 amide bonds. The predicted molar refractivity (Wildman–Crippen MR) is 301 cm³/mol. The first-order valence-electron chi connectivity index (χ1n) is 30.4. The normalized spacial score (nSPS) is 12.9. The van der Waals surface area contributed by atoms with E-state index in [1.807, 2.05) is 6.08 Å². The molecule has 0 rings (SSSR count). The van der Waals surface area contributed by atoms with Crippen LogP contribution in [0.2, 0.25) is 0 Å². The summed E-state index contributed by atoms with van der Waals surface area (Å²) < 4.78 is 5.48. The third-order valence-corrected chi connectivity index (χ3v) is 13.8. The molecule has 0 aliphatic heterocycles. The van der Waals surface area contributed by atoms with E-state index in [4.69, 9.17) is 4.74 Å². The molecule has 0 aromatic heterocycles. The highest BCUT2D eigenvalue weighted by molar-refractivity contribution is 5.76. The molecule has 0 aliphatic carbocycles. The molecule has 0 saturated heterocycles. The quantitative estimate of drug-likeness (QED) is 0.0321. The van der Waals surface area contributed by atoms with Gasteiger partial charge in [0.15, 0.2) is 0 Å². The summed E-state index contributed by atoms with van der Waals surface area (Å²) in [6, 6.07) is -0.639. The van der Waals surface area contributed by atoms with Gasteiger partial charge >= 0.3 is 5.97 Å². The number of hydrogen-bond acceptors (Lipinski definition) is 5. The van der Waals surface area contributed by atoms with Crippen LogP contribution in [0.5, 0.6) is 0 Å². The van der Waals surface area contributed by atoms with E-state index < -0.39 is 12.1 Å². The number of hydrogen-bond donors (Lipinski definition) is 3. The first-order chi connectivity index (χ1) is 34.0. The van der Waals surface area contributed by atoms with E-state index in [2.05, 4.69) is 55.6 Å². The number of amides is 1. The van der Waals surface area contributed by atoms with Crippen LogP contribution < -0.4 is 5.32 Å². The number of aliphatic hydroxyl groups excluding tert-OH is 2. The highest BCUT2D eigenvalue weighted by Gasteiger charge is 2.18. The Labute approximate surface area is 429 Å². The fourth-order valence-corrected chi connectivity index (χ4v) is 9.13. The van der Waals surface area contributed by atoms with Gasteiger partial charge in [0, 0.05) is 12.8 Å². The van der Waals surface area contributed by atoms with Gasteiger partial charge < -0.3 is 20.3 Å². The topological polar surface area (TPSA) is 95.9 Å². The number of aliphatic hydroxyl groups is 2. The molecular formula is C63H117NO5. The molecule has 6 nitrogen and oxygen atoms in total. The van der Waals surface area contributed by atoms with Crippen molar-refractivity contribution in [3.63, 3.8) is 0 Å². The molecule has 0 fully saturated rings. The Balaban J connectivity index is 3.48. The second-order valence-electron chi connectivity index (χ2n) is 20.7. The SMILES string of the molecule is CCCCC/C=C\C/C=C\CCCCCCCCCC(=O)OCCCCCCCCCCC/C=C\CCCCCCCC(=O)NC(CO)C(O)/C=C/CCCCCCCCCCCCCCCCC. The van der Waals surface area contributed by atoms with E-state index in [1.54, 1.807) is 6.08 Å². The van der Waals surface area contributed by atoms with Gasteiger partial charge in [-0.05, 0) is 89.9 Å². The van der Waals surface area contributed by atoms with Crippen molar-refractivity contribution < 1.29 is 24.5 Å². The molecule has 404 valence electrons. The highest BCUT2D eigenvalue weighted by atomic mass is 16.5. The Bertz CT molecular complexity index is 1160. The predicted octanol–water partition coefficient (Wildman–Crippen LogP) is 19.0. The summed E-state index contributed by atoms with van der Waals surface area (Å²) in [4.78, 5) is 24.5. The smallest absolute Gasteiger partial charge is 0.305 e. The van der Waals surface area contributed by atoms with Crippen LogP contribution in [0, 0.1) is 0 Å². The maximum Gasteiger partial charge on any atom is 0.305 e. The maximum absolute atomic E-state index is 12.5. The van der Waals surface area contributed by atoms with Crippen molar-refractivity contribution in [1.82, 2.24) is 5.32 Å². The van der Waals surface area contributed by atoms with Crippen molar-refractivity contribution in [3.8, 4) is 0 Å². The minimum absolute atomic E-state index is 0.00589. The third kappa shape index (κ3) is 55.0. The van der Waals surface area contributed by atoms with Gasteiger partial charge in [0.1, 0.15) is 0 Å². The lowest BCUT2D eigenvalue weighted by atomic mass is 10.0. The van der Waals surface area contributed by atoms with Crippen LogP contribution in [0.3, 0.4) is 0 Å². The van der Waals surface area contributed by atoms with Gasteiger partial charge in [-0.1, -0.05) is 262 Å². The van der Waals surface area contributed by atoms with E-state index in [9.17, 15) is 19.8 Å². The Morgan fingerprint density at radius 1 is 0.406 bits per heavy atom. The van der Waals surface area contributed by atoms with Crippen LogP contribution in [0.4, 0.5) is 0 Å². The van der Waals surface area contributed by atoms with Crippen LogP contribution in [-0.4, -0.2) is 47.4 Å². The van der Waals surface area contributed by atoms with Gasteiger partial charge in [-0.3, -0.25) is 9.59 Å². The van der Waals surface area contributed by atoms with Crippen molar-refractivity contribution in [2.24, 2.45) is 0 Å². The van der Waals surface area contributed by atoms with Gasteiger partial charge in [0.2, 0.25) is 5.91 Å². The zero-order chi connectivity index (χ0) is 50.0. The number of esters is 1. The summed E-state index contributed by atoms with van der Waals surface area (Å²) in [7, 11) is 0. The standard InChI is InChI=1S/C63H117NO5/c1-3-5-7-9-11-13-15-17-19-23-27-31-35-39-43-47-51-55-61(66)60(59-65)64-62(67)56-52-48-44-40-36-32-28-25-21-22-26-30-34-38-42-46-50-54-58-69-63(68)57-53-49-45-41-37-33-29-24-20-18-16-14-12-10-8-6-4-2/h12,14,18,20,25,28,51,55,60-61,65-66H,3-11,13,15-17,19,21-24,26-27,29-50,52-54,56-59H2,1-2H3,(H,64,67)/b14-12-,20-18-,28-25-,55-51+. The summed E-state index contributed by atoms with van der Waals surface area (Å²) in [6.07, 6.45) is 74.2. The Hall–Kier alpha value is -2.18. The lowest BCUT2D eigenvalue weighted by Gasteiger charge is -2.20. The number of unbranched alkanes of at least 4 members (excludes halogenated alkanes) is 39. The van der Waals surface area contributed by atoms with Crippen LogP contribution in [-0.2, 0) is 14.3 Å². The van der Waals surface area contributed by atoms with E-state index >= 15 is 0 Å². The van der Waals surface area contributed by atoms with E-state index in [0.717, 1.165) is 70.6 Å². The third-order valence-electron chi connectivity index (χ3n) is 13.8. The molecule has 2 unspecified atom stereocenters. The molecule has 0 bridgehead atoms. The molecule has 0 spiro atoms. The Morgan fingerprint density at radius 3 is 1.14 bits per heavy atom. The number of rotatable bonds is 56. The highest BCUT2D eigenvalue weighted by Crippen LogP contribution is 2.16. The van der Waals surface area contributed by atoms with Crippen molar-refractivity contribution >= 4 is 11.9 Å². The van der Waals surface area contributed by atoms with Gasteiger partial charge in [0.05, 0.1) is 25.4 Å². The van der Waals surface area contributed by atoms with Gasteiger partial charge in [-0.15, -0.1) is 0 Å². The average molecular weight is 969 g/mol. The summed E-state index contributed by atoms with van der Waals surface area (Å²) in [5.41, 5.74) is 0.